The smallest absolute Gasteiger partial charge is 0.215 e. The summed E-state index contributed by atoms with van der Waals surface area (Å²) in [7, 11) is 0. The molecule has 2 aliphatic carbocycles. The second-order valence-electron chi connectivity index (χ2n) is 19.6. The Kier molecular flexibility index (Phi) is 8.46. The minimum atomic E-state index is -0.320. The summed E-state index contributed by atoms with van der Waals surface area (Å²) < 4.78 is 4.68. The molecule has 0 atom stereocenters. The third-order valence-corrected chi connectivity index (χ3v) is 15.4. The summed E-state index contributed by atoms with van der Waals surface area (Å²) in [6, 6.07) is 63.5. The fraction of sp³-hybridized carbons (Fsp3) is 0.0938. The Morgan fingerprint density at radius 1 is 0.429 bits per heavy atom. The van der Waals surface area contributed by atoms with E-state index < -0.39 is 0 Å². The van der Waals surface area contributed by atoms with E-state index in [1.807, 2.05) is 24.3 Å². The summed E-state index contributed by atoms with van der Waals surface area (Å²) in [5.41, 5.74) is 18.4. The van der Waals surface area contributed by atoms with Crippen molar-refractivity contribution in [3.05, 3.63) is 226 Å². The summed E-state index contributed by atoms with van der Waals surface area (Å²) in [6.07, 6.45) is 0. The number of fused-ring (bicyclic) bond motifs is 12. The first-order valence-electron chi connectivity index (χ1n) is 23.4. The number of rotatable bonds is 4. The van der Waals surface area contributed by atoms with E-state index in [-0.39, 0.29) is 22.1 Å². The number of aromatic nitrogens is 2. The van der Waals surface area contributed by atoms with Crippen LogP contribution in [0.2, 0.25) is 0 Å². The summed E-state index contributed by atoms with van der Waals surface area (Å²) >= 11 is 0. The van der Waals surface area contributed by atoms with Gasteiger partial charge in [-0.05, 0) is 104 Å². The van der Waals surface area contributed by atoms with Crippen LogP contribution in [0, 0.1) is 35.8 Å². The van der Waals surface area contributed by atoms with E-state index >= 15 is 0 Å². The third-order valence-electron chi connectivity index (χ3n) is 15.4. The summed E-state index contributed by atoms with van der Waals surface area (Å²) in [4.78, 5) is 8.10. The van der Waals surface area contributed by atoms with Crippen LogP contribution >= 0.6 is 0 Å². The SMILES string of the molecule is [C-]#[N+]c1ccc(-c2c([N+]#[C-])c(C#N)c(-c3ccc(C#N)cc3)c(-n3c4ccccc4c4cc5c(cc43)C(C)(C)c3ccccc3-5)c2-n2c3ccccc3c3cc4c(cc32)C(C)(C)c2ccccc2-4)cc1. The molecular weight excluding hydrogens is 853 g/mol. The van der Waals surface area contributed by atoms with Crippen LogP contribution in [0.25, 0.3) is 109 Å². The van der Waals surface area contributed by atoms with E-state index in [2.05, 4.69) is 180 Å². The molecular formula is C64H40N6. The van der Waals surface area contributed by atoms with Gasteiger partial charge in [0.05, 0.1) is 69.9 Å². The first-order chi connectivity index (χ1) is 34.1. The fourth-order valence-corrected chi connectivity index (χ4v) is 12.1. The quantitative estimate of drug-likeness (QED) is 0.165. The summed E-state index contributed by atoms with van der Waals surface area (Å²) in [5.74, 6) is 0. The maximum Gasteiger partial charge on any atom is 0.215 e. The molecule has 6 heteroatoms. The molecule has 2 heterocycles. The molecule has 0 saturated carbocycles. The highest BCUT2D eigenvalue weighted by molar-refractivity contribution is 6.17. The van der Waals surface area contributed by atoms with Gasteiger partial charge in [-0.3, -0.25) is 0 Å². The summed E-state index contributed by atoms with van der Waals surface area (Å²) in [6.45, 7) is 26.2. The van der Waals surface area contributed by atoms with Gasteiger partial charge in [0.15, 0.2) is 5.69 Å². The van der Waals surface area contributed by atoms with Gasteiger partial charge in [0.2, 0.25) is 5.69 Å². The highest BCUT2D eigenvalue weighted by Crippen LogP contribution is 2.56. The van der Waals surface area contributed by atoms with Crippen LogP contribution in [0.5, 0.6) is 0 Å². The molecule has 0 saturated heterocycles. The normalized spacial score (nSPS) is 13.6. The topological polar surface area (TPSA) is 66.2 Å². The maximum absolute atomic E-state index is 11.7. The average molecular weight is 893 g/mol. The molecule has 0 spiro atoms. The Morgan fingerprint density at radius 3 is 1.37 bits per heavy atom. The van der Waals surface area contributed by atoms with Crippen molar-refractivity contribution in [3.8, 4) is 68.0 Å². The third kappa shape index (κ3) is 5.34. The van der Waals surface area contributed by atoms with Gasteiger partial charge in [0.1, 0.15) is 0 Å². The Morgan fingerprint density at radius 2 is 0.886 bits per heavy atom. The van der Waals surface area contributed by atoms with Crippen molar-refractivity contribution in [3.63, 3.8) is 0 Å². The summed E-state index contributed by atoms with van der Waals surface area (Å²) in [5, 5.41) is 26.0. The van der Waals surface area contributed by atoms with E-state index in [4.69, 9.17) is 13.1 Å². The molecule has 2 aliphatic rings. The largest absolute Gasteiger partial charge is 0.308 e. The Hall–Kier alpha value is -9.46. The molecule has 326 valence electrons. The molecule has 6 nitrogen and oxygen atoms in total. The van der Waals surface area contributed by atoms with E-state index in [0.717, 1.165) is 55.0 Å². The van der Waals surface area contributed by atoms with Crippen LogP contribution in [0.15, 0.2) is 170 Å². The molecule has 11 aromatic rings. The molecule has 9 aromatic carbocycles. The van der Waals surface area contributed by atoms with Crippen molar-refractivity contribution in [2.75, 3.05) is 0 Å². The van der Waals surface area contributed by atoms with Gasteiger partial charge in [0.25, 0.3) is 0 Å². The highest BCUT2D eigenvalue weighted by Gasteiger charge is 2.39. The van der Waals surface area contributed by atoms with Crippen molar-refractivity contribution >= 4 is 55.0 Å². The van der Waals surface area contributed by atoms with Gasteiger partial charge in [-0.2, -0.15) is 10.5 Å². The minimum Gasteiger partial charge on any atom is -0.308 e. The molecule has 0 fully saturated rings. The van der Waals surface area contributed by atoms with Crippen LogP contribution in [0.1, 0.15) is 61.1 Å². The van der Waals surface area contributed by atoms with E-state index in [1.165, 1.54) is 44.5 Å². The lowest BCUT2D eigenvalue weighted by molar-refractivity contribution is 0.660. The second kappa shape index (κ2) is 14.5. The van der Waals surface area contributed by atoms with Crippen LogP contribution < -0.4 is 0 Å². The molecule has 2 aromatic heterocycles. The second-order valence-corrected chi connectivity index (χ2v) is 19.6. The monoisotopic (exact) mass is 892 g/mol. The van der Waals surface area contributed by atoms with Gasteiger partial charge in [0, 0.05) is 43.5 Å². The predicted molar refractivity (Wildman–Crippen MR) is 283 cm³/mol. The van der Waals surface area contributed by atoms with Crippen LogP contribution in [0.3, 0.4) is 0 Å². The maximum atomic E-state index is 11.7. The Labute approximate surface area is 405 Å². The highest BCUT2D eigenvalue weighted by atomic mass is 15.1. The first-order valence-corrected chi connectivity index (χ1v) is 23.4. The van der Waals surface area contributed by atoms with Gasteiger partial charge < -0.3 is 9.13 Å². The van der Waals surface area contributed by atoms with E-state index in [9.17, 15) is 10.5 Å². The lowest BCUT2D eigenvalue weighted by atomic mass is 9.82. The van der Waals surface area contributed by atoms with E-state index in [1.54, 1.807) is 24.3 Å². The van der Waals surface area contributed by atoms with Crippen LogP contribution in [-0.2, 0) is 10.8 Å². The van der Waals surface area contributed by atoms with Gasteiger partial charge >= 0.3 is 0 Å². The molecule has 0 amide bonds. The van der Waals surface area contributed by atoms with Crippen molar-refractivity contribution in [1.29, 1.82) is 10.5 Å². The van der Waals surface area contributed by atoms with Crippen molar-refractivity contribution in [2.24, 2.45) is 0 Å². The van der Waals surface area contributed by atoms with E-state index in [0.29, 0.717) is 33.5 Å². The van der Waals surface area contributed by atoms with Gasteiger partial charge in [-0.15, -0.1) is 0 Å². The minimum absolute atomic E-state index is 0.203. The van der Waals surface area contributed by atoms with Crippen molar-refractivity contribution < 1.29 is 0 Å². The number of hydrogen-bond acceptors (Lipinski definition) is 2. The van der Waals surface area contributed by atoms with Crippen LogP contribution in [0.4, 0.5) is 11.4 Å². The molecule has 0 bridgehead atoms. The van der Waals surface area contributed by atoms with Gasteiger partial charge in [-0.1, -0.05) is 149 Å². The molecule has 70 heavy (non-hydrogen) atoms. The lowest BCUT2D eigenvalue weighted by Gasteiger charge is -2.27. The lowest BCUT2D eigenvalue weighted by Crippen LogP contribution is -2.15. The zero-order valence-electron chi connectivity index (χ0n) is 38.8. The number of nitrogens with zero attached hydrogens (tertiary/aromatic N) is 6. The first kappa shape index (κ1) is 40.8. The van der Waals surface area contributed by atoms with Gasteiger partial charge in [-0.25, -0.2) is 9.69 Å². The number of nitriles is 2. The zero-order chi connectivity index (χ0) is 47.8. The van der Waals surface area contributed by atoms with Crippen LogP contribution in [-0.4, -0.2) is 9.13 Å². The number of benzene rings is 9. The predicted octanol–water partition coefficient (Wildman–Crippen LogP) is 16.7. The average Bonchev–Trinajstić information content (AvgIpc) is 4.05. The molecule has 13 rings (SSSR count). The molecule has 0 unspecified atom stereocenters. The van der Waals surface area contributed by atoms with Crippen molar-refractivity contribution in [2.45, 2.75) is 38.5 Å². The molecule has 0 radical (unpaired) electrons. The molecule has 0 N–H and O–H groups in total. The standard InChI is InChI=1S/C64H40N6/c1-63(2)50-19-11-7-15-41(50)45-31-47-43-17-9-13-21-54(43)69(56(47)33-52(45)63)61-58(38-25-23-37(35-65)24-26-38)49(36-66)60(68-6)59(39-27-29-40(67-5)30-28-39)62(61)70-55-22-14-10-18-44(55)48-32-46-42-16-8-12-20-51(42)64(3,4)53(46)34-57(48)70/h7-34H,1-4H3. The fourth-order valence-electron chi connectivity index (χ4n) is 12.1. The zero-order valence-corrected chi connectivity index (χ0v) is 38.8. The Balaban J connectivity index is 1.30. The Bertz CT molecular complexity index is 4040. The number of hydrogen-bond donors (Lipinski definition) is 0. The molecule has 0 aliphatic heterocycles. The number of para-hydroxylation sites is 2. The van der Waals surface area contributed by atoms with Crippen molar-refractivity contribution in [1.82, 2.24) is 9.13 Å².